The molecule has 0 aromatic rings. The average Bonchev–Trinajstić information content (AvgIpc) is 2.60. The lowest BCUT2D eigenvalue weighted by Gasteiger charge is -2.61. The SMILES string of the molecule is CC1(C)[C@@H]2CC[C@]3(C[C@@H]3Cl)[C@H]1C2. The maximum absolute atomic E-state index is 6.27. The minimum absolute atomic E-state index is 0.531. The highest BCUT2D eigenvalue weighted by Gasteiger charge is 2.69. The van der Waals surface area contributed by atoms with Crippen LogP contribution in [0.3, 0.4) is 0 Å². The highest BCUT2D eigenvalue weighted by atomic mass is 35.5. The van der Waals surface area contributed by atoms with Gasteiger partial charge in [0, 0.05) is 5.38 Å². The van der Waals surface area contributed by atoms with Crippen LogP contribution in [0.25, 0.3) is 0 Å². The Morgan fingerprint density at radius 3 is 2.33 bits per heavy atom. The third-order valence-electron chi connectivity index (χ3n) is 5.15. The summed E-state index contributed by atoms with van der Waals surface area (Å²) in [5.74, 6) is 1.99. The highest BCUT2D eigenvalue weighted by molar-refractivity contribution is 6.23. The lowest BCUT2D eigenvalue weighted by atomic mass is 9.44. The smallest absolute Gasteiger partial charge is 0.0401 e. The number of rotatable bonds is 0. The molecule has 4 atom stereocenters. The summed E-state index contributed by atoms with van der Waals surface area (Å²) in [5.41, 5.74) is 1.24. The first-order valence-corrected chi connectivity index (χ1v) is 5.65. The van der Waals surface area contributed by atoms with E-state index in [1.807, 2.05) is 0 Å². The first-order chi connectivity index (χ1) is 5.57. The van der Waals surface area contributed by atoms with Gasteiger partial charge in [0.25, 0.3) is 0 Å². The number of halogens is 1. The van der Waals surface area contributed by atoms with Gasteiger partial charge in [-0.05, 0) is 48.3 Å². The molecule has 4 fully saturated rings. The average molecular weight is 185 g/mol. The molecule has 0 radical (unpaired) electrons. The van der Waals surface area contributed by atoms with E-state index in [9.17, 15) is 0 Å². The second kappa shape index (κ2) is 1.87. The van der Waals surface area contributed by atoms with E-state index in [2.05, 4.69) is 13.8 Å². The van der Waals surface area contributed by atoms with E-state index in [-0.39, 0.29) is 0 Å². The third kappa shape index (κ3) is 0.639. The van der Waals surface area contributed by atoms with Gasteiger partial charge in [-0.2, -0.15) is 0 Å². The molecule has 0 unspecified atom stereocenters. The van der Waals surface area contributed by atoms with Crippen molar-refractivity contribution in [3.8, 4) is 0 Å². The summed E-state index contributed by atoms with van der Waals surface area (Å²) in [5, 5.41) is 0.531. The van der Waals surface area contributed by atoms with Gasteiger partial charge >= 0.3 is 0 Å². The quantitative estimate of drug-likeness (QED) is 0.506. The zero-order valence-electron chi connectivity index (χ0n) is 7.94. The van der Waals surface area contributed by atoms with Crippen molar-refractivity contribution in [2.45, 2.75) is 44.9 Å². The molecule has 4 aliphatic carbocycles. The maximum atomic E-state index is 6.27. The van der Waals surface area contributed by atoms with Crippen LogP contribution in [0.5, 0.6) is 0 Å². The van der Waals surface area contributed by atoms with E-state index in [1.165, 1.54) is 25.7 Å². The number of alkyl halides is 1. The monoisotopic (exact) mass is 184 g/mol. The van der Waals surface area contributed by atoms with Gasteiger partial charge in [-0.25, -0.2) is 0 Å². The molecule has 0 aromatic heterocycles. The Morgan fingerprint density at radius 1 is 1.33 bits per heavy atom. The summed E-state index contributed by atoms with van der Waals surface area (Å²) in [6.45, 7) is 4.91. The number of fused-ring (bicyclic) bond motifs is 1. The van der Waals surface area contributed by atoms with Crippen molar-refractivity contribution in [1.82, 2.24) is 0 Å². The van der Waals surface area contributed by atoms with E-state index < -0.39 is 0 Å². The summed E-state index contributed by atoms with van der Waals surface area (Å²) < 4.78 is 0. The van der Waals surface area contributed by atoms with Crippen LogP contribution in [-0.2, 0) is 0 Å². The topological polar surface area (TPSA) is 0 Å². The van der Waals surface area contributed by atoms with E-state index >= 15 is 0 Å². The predicted octanol–water partition coefficient (Wildman–Crippen LogP) is 3.44. The molecule has 0 aromatic carbocycles. The molecule has 4 rings (SSSR count). The minimum Gasteiger partial charge on any atom is -0.122 e. The summed E-state index contributed by atoms with van der Waals surface area (Å²) in [6.07, 6.45) is 5.68. The van der Waals surface area contributed by atoms with Gasteiger partial charge in [-0.3, -0.25) is 0 Å². The van der Waals surface area contributed by atoms with Crippen LogP contribution >= 0.6 is 11.6 Å². The van der Waals surface area contributed by atoms with Gasteiger partial charge in [0.1, 0.15) is 0 Å². The fraction of sp³-hybridized carbons (Fsp3) is 1.00. The third-order valence-corrected chi connectivity index (χ3v) is 5.73. The molecular formula is C11H17Cl. The normalized spacial score (nSPS) is 59.8. The lowest BCUT2D eigenvalue weighted by Crippen LogP contribution is -2.54. The fourth-order valence-corrected chi connectivity index (χ4v) is 4.54. The lowest BCUT2D eigenvalue weighted by molar-refractivity contribution is -0.116. The first-order valence-electron chi connectivity index (χ1n) is 5.21. The fourth-order valence-electron chi connectivity index (χ4n) is 3.99. The number of hydrogen-bond donors (Lipinski definition) is 0. The van der Waals surface area contributed by atoms with E-state index in [4.69, 9.17) is 11.6 Å². The Labute approximate surface area is 79.7 Å². The van der Waals surface area contributed by atoms with Crippen LogP contribution in [0.2, 0.25) is 0 Å². The van der Waals surface area contributed by atoms with Crippen molar-refractivity contribution in [2.24, 2.45) is 22.7 Å². The van der Waals surface area contributed by atoms with Gasteiger partial charge in [-0.15, -0.1) is 11.6 Å². The molecule has 0 amide bonds. The van der Waals surface area contributed by atoms with Crippen LogP contribution in [-0.4, -0.2) is 5.38 Å². The second-order valence-electron chi connectivity index (χ2n) is 5.75. The zero-order chi connectivity index (χ0) is 8.56. The summed E-state index contributed by atoms with van der Waals surface area (Å²) >= 11 is 6.27. The Kier molecular flexibility index (Phi) is 1.19. The van der Waals surface area contributed by atoms with Crippen LogP contribution in [0, 0.1) is 22.7 Å². The van der Waals surface area contributed by atoms with Gasteiger partial charge < -0.3 is 0 Å². The van der Waals surface area contributed by atoms with Crippen LogP contribution < -0.4 is 0 Å². The first kappa shape index (κ1) is 7.67. The van der Waals surface area contributed by atoms with Gasteiger partial charge in [0.15, 0.2) is 0 Å². The van der Waals surface area contributed by atoms with Crippen LogP contribution in [0.15, 0.2) is 0 Å². The predicted molar refractivity (Wildman–Crippen MR) is 51.3 cm³/mol. The molecule has 0 heterocycles. The molecule has 0 saturated heterocycles. The van der Waals surface area contributed by atoms with Crippen molar-refractivity contribution in [1.29, 1.82) is 0 Å². The summed E-state index contributed by atoms with van der Waals surface area (Å²) in [7, 11) is 0. The highest BCUT2D eigenvalue weighted by Crippen LogP contribution is 2.75. The molecule has 2 bridgehead atoms. The summed E-state index contributed by atoms with van der Waals surface area (Å²) in [6, 6.07) is 0. The molecule has 4 aliphatic rings. The Balaban J connectivity index is 1.92. The molecule has 0 N–H and O–H groups in total. The Bertz CT molecular complexity index is 231. The van der Waals surface area contributed by atoms with Crippen molar-refractivity contribution in [3.63, 3.8) is 0 Å². The molecule has 1 heteroatoms. The van der Waals surface area contributed by atoms with Crippen LogP contribution in [0.1, 0.15) is 39.5 Å². The van der Waals surface area contributed by atoms with Crippen LogP contribution in [0.4, 0.5) is 0 Å². The van der Waals surface area contributed by atoms with E-state index in [0.717, 1.165) is 11.8 Å². The number of hydrogen-bond acceptors (Lipinski definition) is 0. The van der Waals surface area contributed by atoms with E-state index in [1.54, 1.807) is 0 Å². The molecule has 1 spiro atoms. The van der Waals surface area contributed by atoms with Crippen molar-refractivity contribution < 1.29 is 0 Å². The van der Waals surface area contributed by atoms with Crippen molar-refractivity contribution in [3.05, 3.63) is 0 Å². The standard InChI is InChI=1S/C11H17Cl/c1-10(2)7-3-4-11(6-9(11)12)8(10)5-7/h7-9H,3-6H2,1-2H3/t7-,8+,9+,11+/m1/s1. The molecular weight excluding hydrogens is 168 g/mol. The van der Waals surface area contributed by atoms with Gasteiger partial charge in [0.05, 0.1) is 0 Å². The van der Waals surface area contributed by atoms with Gasteiger partial charge in [0.2, 0.25) is 0 Å². The van der Waals surface area contributed by atoms with Crippen molar-refractivity contribution in [2.75, 3.05) is 0 Å². The van der Waals surface area contributed by atoms with Gasteiger partial charge in [-0.1, -0.05) is 13.8 Å². The minimum atomic E-state index is 0.531. The van der Waals surface area contributed by atoms with E-state index in [0.29, 0.717) is 16.2 Å². The molecule has 0 aliphatic heterocycles. The Morgan fingerprint density at radius 2 is 2.00 bits per heavy atom. The second-order valence-corrected chi connectivity index (χ2v) is 6.28. The Hall–Kier alpha value is 0.290. The molecule has 4 saturated carbocycles. The maximum Gasteiger partial charge on any atom is 0.0401 e. The molecule has 68 valence electrons. The summed E-state index contributed by atoms with van der Waals surface area (Å²) in [4.78, 5) is 0. The zero-order valence-corrected chi connectivity index (χ0v) is 8.69. The molecule has 12 heavy (non-hydrogen) atoms. The van der Waals surface area contributed by atoms with Crippen molar-refractivity contribution >= 4 is 11.6 Å². The molecule has 0 nitrogen and oxygen atoms in total. The largest absolute Gasteiger partial charge is 0.122 e.